The van der Waals surface area contributed by atoms with Gasteiger partial charge in [-0.15, -0.1) is 0 Å². The molecule has 2 fully saturated rings. The fourth-order valence-corrected chi connectivity index (χ4v) is 5.62. The van der Waals surface area contributed by atoms with Gasteiger partial charge in [-0.05, 0) is 69.4 Å². The molecule has 8 nitrogen and oxygen atoms in total. The molecular weight excluding hydrogens is 436 g/mol. The van der Waals surface area contributed by atoms with Gasteiger partial charge in [0.05, 0.1) is 19.1 Å². The lowest BCUT2D eigenvalue weighted by Gasteiger charge is -2.44. The van der Waals surface area contributed by atoms with Crippen LogP contribution in [0, 0.1) is 11.3 Å². The van der Waals surface area contributed by atoms with Crippen molar-refractivity contribution >= 4 is 12.1 Å². The maximum Gasteiger partial charge on any atom is 0.516 e. The molecule has 2 aliphatic carbocycles. The van der Waals surface area contributed by atoms with E-state index in [1.807, 2.05) is 43.3 Å². The summed E-state index contributed by atoms with van der Waals surface area (Å²) in [6.45, 7) is 1.09. The quantitative estimate of drug-likeness (QED) is 0.433. The Morgan fingerprint density at radius 2 is 1.91 bits per heavy atom. The van der Waals surface area contributed by atoms with E-state index in [4.69, 9.17) is 19.9 Å². The Kier molecular flexibility index (Phi) is 8.95. The van der Waals surface area contributed by atoms with Gasteiger partial charge in [-0.3, -0.25) is 4.79 Å². The molecule has 34 heavy (non-hydrogen) atoms. The number of ether oxygens (including phenoxy) is 3. The third-order valence-corrected chi connectivity index (χ3v) is 7.53. The summed E-state index contributed by atoms with van der Waals surface area (Å²) in [5, 5.41) is 11.8. The standard InChI is InChI=1S/C26H40N2O6/c1-28(2)17-20-10-11-22(15-26(20,31)19-8-7-9-21(14-19)32-3)33-24(30)34-23(29)16-25(18-27)12-5-4-6-13-25/h7-9,14,20,22,31H,4-6,10-13,15-18,27H2,1-3H3. The second kappa shape index (κ2) is 11.5. The van der Waals surface area contributed by atoms with E-state index in [2.05, 4.69) is 0 Å². The van der Waals surface area contributed by atoms with Crippen molar-refractivity contribution < 1.29 is 28.9 Å². The van der Waals surface area contributed by atoms with Gasteiger partial charge in [0.2, 0.25) is 0 Å². The third kappa shape index (κ3) is 6.49. The molecule has 0 radical (unpaired) electrons. The second-order valence-electron chi connectivity index (χ2n) is 10.3. The molecule has 0 saturated heterocycles. The summed E-state index contributed by atoms with van der Waals surface area (Å²) in [4.78, 5) is 27.0. The van der Waals surface area contributed by atoms with Gasteiger partial charge in [-0.25, -0.2) is 4.79 Å². The third-order valence-electron chi connectivity index (χ3n) is 7.53. The summed E-state index contributed by atoms with van der Waals surface area (Å²) in [6.07, 6.45) is 4.98. The Balaban J connectivity index is 1.65. The van der Waals surface area contributed by atoms with E-state index in [9.17, 15) is 14.7 Å². The average Bonchev–Trinajstić information content (AvgIpc) is 2.81. The summed E-state index contributed by atoms with van der Waals surface area (Å²) in [5.74, 6) is 0.00338. The summed E-state index contributed by atoms with van der Waals surface area (Å²) < 4.78 is 15.9. The molecule has 3 rings (SSSR count). The number of rotatable bonds is 8. The van der Waals surface area contributed by atoms with Crippen LogP contribution in [0.1, 0.15) is 63.4 Å². The first kappa shape index (κ1) is 26.4. The molecule has 3 unspecified atom stereocenters. The summed E-state index contributed by atoms with van der Waals surface area (Å²) in [6, 6.07) is 7.36. The zero-order valence-electron chi connectivity index (χ0n) is 20.8. The van der Waals surface area contributed by atoms with Crippen molar-refractivity contribution in [2.24, 2.45) is 17.1 Å². The summed E-state index contributed by atoms with van der Waals surface area (Å²) >= 11 is 0. The van der Waals surface area contributed by atoms with Crippen molar-refractivity contribution in [3.05, 3.63) is 29.8 Å². The van der Waals surface area contributed by atoms with Crippen LogP contribution in [-0.2, 0) is 19.9 Å². The van der Waals surface area contributed by atoms with Crippen molar-refractivity contribution in [3.8, 4) is 5.75 Å². The largest absolute Gasteiger partial charge is 0.516 e. The van der Waals surface area contributed by atoms with Crippen LogP contribution in [0.3, 0.4) is 0 Å². The number of carbonyl (C=O) groups is 2. The smallest absolute Gasteiger partial charge is 0.497 e. The number of hydrogen-bond acceptors (Lipinski definition) is 8. The molecular formula is C26H40N2O6. The number of esters is 1. The highest BCUT2D eigenvalue weighted by Gasteiger charge is 2.45. The number of nitrogens with zero attached hydrogens (tertiary/aromatic N) is 1. The normalized spacial score (nSPS) is 26.6. The summed E-state index contributed by atoms with van der Waals surface area (Å²) in [7, 11) is 5.53. The Morgan fingerprint density at radius 3 is 2.56 bits per heavy atom. The van der Waals surface area contributed by atoms with Crippen molar-refractivity contribution in [1.29, 1.82) is 0 Å². The molecule has 1 aromatic carbocycles. The highest BCUT2D eigenvalue weighted by atomic mass is 16.7. The van der Waals surface area contributed by atoms with Crippen molar-refractivity contribution in [2.45, 2.75) is 69.5 Å². The molecule has 2 saturated carbocycles. The maximum atomic E-state index is 12.5. The van der Waals surface area contributed by atoms with E-state index in [1.165, 1.54) is 0 Å². The minimum atomic E-state index is -1.21. The van der Waals surface area contributed by atoms with Crippen LogP contribution in [-0.4, -0.2) is 62.5 Å². The van der Waals surface area contributed by atoms with Gasteiger partial charge >= 0.3 is 12.1 Å². The SMILES string of the molecule is COc1cccc(C2(O)CC(OC(=O)OC(=O)CC3(CN)CCCCC3)CCC2CN(C)C)c1. The van der Waals surface area contributed by atoms with E-state index < -0.39 is 23.8 Å². The van der Waals surface area contributed by atoms with Crippen LogP contribution in [0.4, 0.5) is 4.79 Å². The maximum absolute atomic E-state index is 12.5. The first-order valence-corrected chi connectivity index (χ1v) is 12.3. The fourth-order valence-electron chi connectivity index (χ4n) is 5.62. The van der Waals surface area contributed by atoms with Crippen LogP contribution in [0.5, 0.6) is 5.75 Å². The van der Waals surface area contributed by atoms with Gasteiger partial charge in [0.25, 0.3) is 0 Å². The van der Waals surface area contributed by atoms with E-state index in [1.54, 1.807) is 7.11 Å². The van der Waals surface area contributed by atoms with E-state index in [0.717, 1.165) is 37.7 Å². The number of aliphatic hydroxyl groups is 1. The van der Waals surface area contributed by atoms with E-state index >= 15 is 0 Å². The Bertz CT molecular complexity index is 838. The first-order chi connectivity index (χ1) is 16.2. The Labute approximate surface area is 202 Å². The number of nitrogens with two attached hydrogens (primary N) is 1. The molecule has 3 atom stereocenters. The number of methoxy groups -OCH3 is 1. The van der Waals surface area contributed by atoms with Gasteiger partial charge in [0, 0.05) is 18.9 Å². The topological polar surface area (TPSA) is 111 Å². The van der Waals surface area contributed by atoms with Gasteiger partial charge in [-0.2, -0.15) is 0 Å². The molecule has 1 aromatic rings. The van der Waals surface area contributed by atoms with Crippen molar-refractivity contribution in [2.75, 3.05) is 34.3 Å². The van der Waals surface area contributed by atoms with Gasteiger partial charge < -0.3 is 30.0 Å². The monoisotopic (exact) mass is 476 g/mol. The minimum absolute atomic E-state index is 0.0529. The van der Waals surface area contributed by atoms with Crippen molar-refractivity contribution in [3.63, 3.8) is 0 Å². The highest BCUT2D eigenvalue weighted by molar-refractivity contribution is 5.82. The average molecular weight is 477 g/mol. The molecule has 8 heteroatoms. The molecule has 190 valence electrons. The van der Waals surface area contributed by atoms with Gasteiger partial charge in [0.15, 0.2) is 0 Å². The molecule has 0 aliphatic heterocycles. The molecule has 3 N–H and O–H groups in total. The van der Waals surface area contributed by atoms with Crippen LogP contribution in [0.15, 0.2) is 24.3 Å². The first-order valence-electron chi connectivity index (χ1n) is 12.3. The lowest BCUT2D eigenvalue weighted by atomic mass is 9.70. The van der Waals surface area contributed by atoms with E-state index in [0.29, 0.717) is 31.7 Å². The van der Waals surface area contributed by atoms with Crippen LogP contribution >= 0.6 is 0 Å². The molecule has 0 bridgehead atoms. The lowest BCUT2D eigenvalue weighted by Crippen LogP contribution is -2.47. The lowest BCUT2D eigenvalue weighted by molar-refractivity contribution is -0.146. The fraction of sp³-hybridized carbons (Fsp3) is 0.692. The zero-order chi connectivity index (χ0) is 24.8. The molecule has 2 aliphatic rings. The number of benzene rings is 1. The molecule has 0 spiro atoms. The molecule has 0 aromatic heterocycles. The van der Waals surface area contributed by atoms with Crippen LogP contribution < -0.4 is 10.5 Å². The number of carbonyl (C=O) groups excluding carboxylic acids is 2. The van der Waals surface area contributed by atoms with E-state index in [-0.39, 0.29) is 24.2 Å². The Morgan fingerprint density at radius 1 is 1.18 bits per heavy atom. The minimum Gasteiger partial charge on any atom is -0.497 e. The molecule has 0 heterocycles. The number of hydrogen-bond donors (Lipinski definition) is 2. The van der Waals surface area contributed by atoms with Gasteiger partial charge in [-0.1, -0.05) is 31.4 Å². The van der Waals surface area contributed by atoms with Gasteiger partial charge in [0.1, 0.15) is 11.9 Å². The van der Waals surface area contributed by atoms with Crippen LogP contribution in [0.25, 0.3) is 0 Å². The second-order valence-corrected chi connectivity index (χ2v) is 10.3. The molecule has 0 amide bonds. The predicted octanol–water partition coefficient (Wildman–Crippen LogP) is 3.59. The zero-order valence-corrected chi connectivity index (χ0v) is 20.8. The highest BCUT2D eigenvalue weighted by Crippen LogP contribution is 2.44. The Hall–Kier alpha value is -2.16. The summed E-state index contributed by atoms with van der Waals surface area (Å²) in [5.41, 5.74) is 5.18. The predicted molar refractivity (Wildman–Crippen MR) is 128 cm³/mol. The van der Waals surface area contributed by atoms with Crippen molar-refractivity contribution in [1.82, 2.24) is 4.90 Å². The van der Waals surface area contributed by atoms with Crippen LogP contribution in [0.2, 0.25) is 0 Å².